The first-order valence-corrected chi connectivity index (χ1v) is 6.42. The van der Waals surface area contributed by atoms with Crippen molar-refractivity contribution in [2.45, 2.75) is 32.4 Å². The zero-order chi connectivity index (χ0) is 15.5. The average molecular weight is 300 g/mol. The molecule has 0 saturated heterocycles. The van der Waals surface area contributed by atoms with E-state index in [1.54, 1.807) is 17.1 Å². The minimum absolute atomic E-state index is 0.278. The number of hydrogen-bond acceptors (Lipinski definition) is 3. The van der Waals surface area contributed by atoms with Crippen molar-refractivity contribution >= 4 is 0 Å². The molecule has 1 atom stereocenters. The van der Waals surface area contributed by atoms with Crippen LogP contribution in [0.25, 0.3) is 0 Å². The van der Waals surface area contributed by atoms with Gasteiger partial charge in [0.15, 0.2) is 0 Å². The Morgan fingerprint density at radius 3 is 2.48 bits per heavy atom. The van der Waals surface area contributed by atoms with Crippen LogP contribution in [0.4, 0.5) is 13.2 Å². The highest BCUT2D eigenvalue weighted by atomic mass is 19.4. The molecule has 0 aliphatic heterocycles. The number of aryl methyl sites for hydroxylation is 1. The molecule has 114 valence electrons. The summed E-state index contributed by atoms with van der Waals surface area (Å²) in [6.45, 7) is 2.64. The van der Waals surface area contributed by atoms with Crippen molar-refractivity contribution in [2.24, 2.45) is 0 Å². The van der Waals surface area contributed by atoms with Crippen LogP contribution in [0, 0.1) is 0 Å². The van der Waals surface area contributed by atoms with Crippen LogP contribution in [0.5, 0.6) is 5.75 Å². The summed E-state index contributed by atoms with van der Waals surface area (Å²) in [5.41, 5.74) is 1.38. The van der Waals surface area contributed by atoms with Gasteiger partial charge in [-0.2, -0.15) is 5.10 Å². The molecule has 0 aliphatic rings. The Kier molecular flexibility index (Phi) is 4.52. The lowest BCUT2D eigenvalue weighted by Crippen LogP contribution is -2.17. The Bertz CT molecular complexity index is 579. The second-order valence-corrected chi connectivity index (χ2v) is 4.54. The zero-order valence-corrected chi connectivity index (χ0v) is 11.3. The van der Waals surface area contributed by atoms with Gasteiger partial charge in [-0.05, 0) is 24.6 Å². The van der Waals surface area contributed by atoms with Crippen molar-refractivity contribution < 1.29 is 23.0 Å². The molecular weight excluding hydrogens is 285 g/mol. The summed E-state index contributed by atoms with van der Waals surface area (Å²) in [5, 5.41) is 14.1. The predicted octanol–water partition coefficient (Wildman–Crippen LogP) is 3.08. The first kappa shape index (κ1) is 15.4. The monoisotopic (exact) mass is 300 g/mol. The third-order valence-corrected chi connectivity index (χ3v) is 2.95. The van der Waals surface area contributed by atoms with Gasteiger partial charge in [-0.15, -0.1) is 13.2 Å². The Morgan fingerprint density at radius 2 is 1.95 bits per heavy atom. The van der Waals surface area contributed by atoms with Gasteiger partial charge in [0.1, 0.15) is 5.75 Å². The van der Waals surface area contributed by atoms with Crippen molar-refractivity contribution in [2.75, 3.05) is 0 Å². The number of halogens is 3. The van der Waals surface area contributed by atoms with Crippen LogP contribution in [0.2, 0.25) is 0 Å². The van der Waals surface area contributed by atoms with Crippen molar-refractivity contribution in [1.29, 1.82) is 0 Å². The van der Waals surface area contributed by atoms with Gasteiger partial charge in [0, 0.05) is 24.7 Å². The number of aliphatic hydroxyl groups is 1. The molecule has 7 heteroatoms. The molecule has 0 radical (unpaired) electrons. The summed E-state index contributed by atoms with van der Waals surface area (Å²) in [6, 6.07) is 5.44. The van der Waals surface area contributed by atoms with Gasteiger partial charge in [-0.3, -0.25) is 4.68 Å². The third-order valence-electron chi connectivity index (χ3n) is 2.95. The van der Waals surface area contributed by atoms with Gasteiger partial charge in [0.05, 0.1) is 12.3 Å². The SMILES string of the molecule is CCn1cc(C(O)Cc2ccc(OC(F)(F)F)cc2)cn1. The number of hydrogen-bond donors (Lipinski definition) is 1. The molecule has 1 unspecified atom stereocenters. The van der Waals surface area contributed by atoms with Crippen LogP contribution in [0.15, 0.2) is 36.7 Å². The van der Waals surface area contributed by atoms with E-state index >= 15 is 0 Å². The predicted molar refractivity (Wildman–Crippen MR) is 69.7 cm³/mol. The standard InChI is InChI=1S/C14H15F3N2O2/c1-2-19-9-11(8-18-19)13(20)7-10-3-5-12(6-4-10)21-14(15,16)17/h3-6,8-9,13,20H,2,7H2,1H3. The fraction of sp³-hybridized carbons (Fsp3) is 0.357. The van der Waals surface area contributed by atoms with E-state index in [4.69, 9.17) is 0 Å². The molecule has 1 aromatic carbocycles. The summed E-state index contributed by atoms with van der Waals surface area (Å²) in [5.74, 6) is -0.278. The van der Waals surface area contributed by atoms with Gasteiger partial charge < -0.3 is 9.84 Å². The molecule has 2 aromatic rings. The maximum absolute atomic E-state index is 12.0. The molecular formula is C14H15F3N2O2. The fourth-order valence-electron chi connectivity index (χ4n) is 1.89. The normalized spacial score (nSPS) is 13.2. The van der Waals surface area contributed by atoms with E-state index in [-0.39, 0.29) is 5.75 Å². The molecule has 1 heterocycles. The lowest BCUT2D eigenvalue weighted by atomic mass is 10.0. The van der Waals surface area contributed by atoms with E-state index in [1.165, 1.54) is 24.3 Å². The fourth-order valence-corrected chi connectivity index (χ4v) is 1.89. The summed E-state index contributed by atoms with van der Waals surface area (Å²) < 4.78 is 41.6. The number of benzene rings is 1. The quantitative estimate of drug-likeness (QED) is 0.923. The molecule has 4 nitrogen and oxygen atoms in total. The van der Waals surface area contributed by atoms with Crippen molar-refractivity contribution in [3.05, 3.63) is 47.8 Å². The Hall–Kier alpha value is -2.02. The van der Waals surface area contributed by atoms with E-state index in [9.17, 15) is 18.3 Å². The Labute approximate surface area is 119 Å². The highest BCUT2D eigenvalue weighted by Crippen LogP contribution is 2.24. The van der Waals surface area contributed by atoms with Gasteiger partial charge >= 0.3 is 6.36 Å². The van der Waals surface area contributed by atoms with E-state index in [0.29, 0.717) is 24.1 Å². The summed E-state index contributed by atoms with van der Waals surface area (Å²) >= 11 is 0. The van der Waals surface area contributed by atoms with Gasteiger partial charge in [-0.1, -0.05) is 12.1 Å². The Balaban J connectivity index is 1.99. The van der Waals surface area contributed by atoms with Crippen LogP contribution in [-0.2, 0) is 13.0 Å². The maximum atomic E-state index is 12.0. The van der Waals surface area contributed by atoms with Gasteiger partial charge in [-0.25, -0.2) is 0 Å². The summed E-state index contributed by atoms with van der Waals surface area (Å²) in [6.07, 6.45) is -1.84. The van der Waals surface area contributed by atoms with Crippen LogP contribution < -0.4 is 4.74 Å². The maximum Gasteiger partial charge on any atom is 0.573 e. The van der Waals surface area contributed by atoms with Crippen LogP contribution >= 0.6 is 0 Å². The molecule has 1 N–H and O–H groups in total. The van der Waals surface area contributed by atoms with Crippen molar-refractivity contribution in [1.82, 2.24) is 9.78 Å². The molecule has 0 amide bonds. The first-order chi connectivity index (χ1) is 9.87. The second-order valence-electron chi connectivity index (χ2n) is 4.54. The largest absolute Gasteiger partial charge is 0.573 e. The average Bonchev–Trinajstić information content (AvgIpc) is 2.88. The van der Waals surface area contributed by atoms with Crippen molar-refractivity contribution in [3.8, 4) is 5.75 Å². The number of ether oxygens (including phenoxy) is 1. The topological polar surface area (TPSA) is 47.3 Å². The highest BCUT2D eigenvalue weighted by molar-refractivity contribution is 5.28. The molecule has 0 aliphatic carbocycles. The zero-order valence-electron chi connectivity index (χ0n) is 11.3. The van der Waals surface area contributed by atoms with Crippen LogP contribution in [0.1, 0.15) is 24.2 Å². The molecule has 1 aromatic heterocycles. The van der Waals surface area contributed by atoms with Crippen LogP contribution in [0.3, 0.4) is 0 Å². The number of rotatable bonds is 5. The first-order valence-electron chi connectivity index (χ1n) is 6.42. The van der Waals surface area contributed by atoms with Gasteiger partial charge in [0.2, 0.25) is 0 Å². The molecule has 0 saturated carbocycles. The molecule has 0 spiro atoms. The molecule has 21 heavy (non-hydrogen) atoms. The minimum atomic E-state index is -4.70. The second kappa shape index (κ2) is 6.17. The third kappa shape index (κ3) is 4.49. The number of aromatic nitrogens is 2. The number of nitrogens with zero attached hydrogens (tertiary/aromatic N) is 2. The van der Waals surface area contributed by atoms with E-state index in [2.05, 4.69) is 9.84 Å². The van der Waals surface area contributed by atoms with E-state index < -0.39 is 12.5 Å². The van der Waals surface area contributed by atoms with E-state index in [1.807, 2.05) is 6.92 Å². The molecule has 0 fully saturated rings. The summed E-state index contributed by atoms with van der Waals surface area (Å²) in [4.78, 5) is 0. The number of alkyl halides is 3. The molecule has 2 rings (SSSR count). The minimum Gasteiger partial charge on any atom is -0.406 e. The van der Waals surface area contributed by atoms with E-state index in [0.717, 1.165) is 0 Å². The summed E-state index contributed by atoms with van der Waals surface area (Å²) in [7, 11) is 0. The lowest BCUT2D eigenvalue weighted by Gasteiger charge is -2.11. The number of aliphatic hydroxyl groups excluding tert-OH is 1. The molecule has 0 bridgehead atoms. The van der Waals surface area contributed by atoms with Gasteiger partial charge in [0.25, 0.3) is 0 Å². The Morgan fingerprint density at radius 1 is 1.29 bits per heavy atom. The van der Waals surface area contributed by atoms with Crippen molar-refractivity contribution in [3.63, 3.8) is 0 Å². The smallest absolute Gasteiger partial charge is 0.406 e. The van der Waals surface area contributed by atoms with Crippen LogP contribution in [-0.4, -0.2) is 21.2 Å². The lowest BCUT2D eigenvalue weighted by molar-refractivity contribution is -0.274. The highest BCUT2D eigenvalue weighted by Gasteiger charge is 2.30.